The molecule has 0 saturated heterocycles. The standard InChI is InChI=1S/C21H32N4O3/c1-13(2)7-14(3)11-23-20-16(12-24-21(22)25-20)8-15-9-17(26-4)19(28-6)18(10-15)27-5/h9-10,12-14H,7-8,11H2,1-6H3,(H3,22,23,24,25). The Morgan fingerprint density at radius 3 is 2.21 bits per heavy atom. The highest BCUT2D eigenvalue weighted by molar-refractivity contribution is 5.56. The number of ether oxygens (including phenoxy) is 3. The van der Waals surface area contributed by atoms with E-state index in [-0.39, 0.29) is 5.95 Å². The van der Waals surface area contributed by atoms with Crippen molar-refractivity contribution in [2.45, 2.75) is 33.6 Å². The van der Waals surface area contributed by atoms with E-state index >= 15 is 0 Å². The van der Waals surface area contributed by atoms with Crippen LogP contribution >= 0.6 is 0 Å². The van der Waals surface area contributed by atoms with Crippen molar-refractivity contribution in [1.29, 1.82) is 0 Å². The maximum atomic E-state index is 5.82. The summed E-state index contributed by atoms with van der Waals surface area (Å²) in [4.78, 5) is 8.58. The number of benzene rings is 1. The molecule has 2 aromatic rings. The van der Waals surface area contributed by atoms with Crippen molar-refractivity contribution in [3.63, 3.8) is 0 Å². The smallest absolute Gasteiger partial charge is 0.221 e. The number of hydrogen-bond donors (Lipinski definition) is 2. The van der Waals surface area contributed by atoms with E-state index in [1.807, 2.05) is 12.1 Å². The molecular weight excluding hydrogens is 356 g/mol. The zero-order valence-electron chi connectivity index (χ0n) is 17.7. The minimum atomic E-state index is 0.257. The highest BCUT2D eigenvalue weighted by Gasteiger charge is 2.15. The molecule has 3 N–H and O–H groups in total. The maximum absolute atomic E-state index is 5.82. The van der Waals surface area contributed by atoms with Crippen LogP contribution in [0.3, 0.4) is 0 Å². The molecule has 1 heterocycles. The number of hydrogen-bond acceptors (Lipinski definition) is 7. The monoisotopic (exact) mass is 388 g/mol. The van der Waals surface area contributed by atoms with E-state index in [0.717, 1.165) is 29.9 Å². The minimum Gasteiger partial charge on any atom is -0.493 e. The number of nitrogens with two attached hydrogens (primary N) is 1. The molecule has 1 unspecified atom stereocenters. The molecule has 28 heavy (non-hydrogen) atoms. The van der Waals surface area contributed by atoms with Gasteiger partial charge >= 0.3 is 0 Å². The number of methoxy groups -OCH3 is 3. The molecule has 0 spiro atoms. The topological polar surface area (TPSA) is 91.5 Å². The Hall–Kier alpha value is -2.70. The number of nitrogens with one attached hydrogen (secondary N) is 1. The quantitative estimate of drug-likeness (QED) is 0.640. The Morgan fingerprint density at radius 1 is 1.04 bits per heavy atom. The van der Waals surface area contributed by atoms with E-state index in [2.05, 4.69) is 36.1 Å². The molecule has 0 radical (unpaired) electrons. The van der Waals surface area contributed by atoms with Gasteiger partial charge < -0.3 is 25.3 Å². The lowest BCUT2D eigenvalue weighted by atomic mass is 9.99. The summed E-state index contributed by atoms with van der Waals surface area (Å²) in [6.07, 6.45) is 3.52. The van der Waals surface area contributed by atoms with E-state index in [9.17, 15) is 0 Å². The van der Waals surface area contributed by atoms with Crippen LogP contribution in [-0.2, 0) is 6.42 Å². The number of aromatic nitrogens is 2. The van der Waals surface area contributed by atoms with Crippen LogP contribution in [0.1, 0.15) is 38.3 Å². The molecule has 1 aromatic heterocycles. The van der Waals surface area contributed by atoms with Gasteiger partial charge in [-0.2, -0.15) is 4.98 Å². The first-order valence-corrected chi connectivity index (χ1v) is 9.52. The van der Waals surface area contributed by atoms with Gasteiger partial charge in [0.25, 0.3) is 0 Å². The van der Waals surface area contributed by atoms with Crippen LogP contribution in [0.5, 0.6) is 17.2 Å². The van der Waals surface area contributed by atoms with Crippen LogP contribution in [0.4, 0.5) is 11.8 Å². The first kappa shape index (κ1) is 21.6. The zero-order chi connectivity index (χ0) is 20.7. The molecule has 0 fully saturated rings. The van der Waals surface area contributed by atoms with E-state index in [1.165, 1.54) is 0 Å². The van der Waals surface area contributed by atoms with E-state index in [4.69, 9.17) is 19.9 Å². The van der Waals surface area contributed by atoms with Gasteiger partial charge in [-0.3, -0.25) is 0 Å². The second kappa shape index (κ2) is 10.0. The maximum Gasteiger partial charge on any atom is 0.221 e. The molecule has 154 valence electrons. The van der Waals surface area contributed by atoms with Gasteiger partial charge in [0.2, 0.25) is 11.7 Å². The molecular formula is C21H32N4O3. The first-order chi connectivity index (χ1) is 13.4. The van der Waals surface area contributed by atoms with Gasteiger partial charge in [0.15, 0.2) is 11.5 Å². The average molecular weight is 389 g/mol. The SMILES string of the molecule is COc1cc(Cc2cnc(N)nc2NCC(C)CC(C)C)cc(OC)c1OC. The van der Waals surface area contributed by atoms with Gasteiger partial charge in [-0.25, -0.2) is 4.98 Å². The lowest BCUT2D eigenvalue weighted by Gasteiger charge is -2.18. The highest BCUT2D eigenvalue weighted by atomic mass is 16.5. The number of rotatable bonds is 10. The lowest BCUT2D eigenvalue weighted by molar-refractivity contribution is 0.324. The fourth-order valence-corrected chi connectivity index (χ4v) is 3.32. The molecule has 7 heteroatoms. The normalized spacial score (nSPS) is 12.0. The molecule has 0 aliphatic heterocycles. The predicted octanol–water partition coefficient (Wildman–Crippen LogP) is 3.77. The molecule has 0 bridgehead atoms. The summed E-state index contributed by atoms with van der Waals surface area (Å²) in [6.45, 7) is 7.53. The Morgan fingerprint density at radius 2 is 1.68 bits per heavy atom. The summed E-state index contributed by atoms with van der Waals surface area (Å²) in [5.74, 6) is 4.02. The zero-order valence-corrected chi connectivity index (χ0v) is 17.7. The van der Waals surface area contributed by atoms with Crippen LogP contribution in [0.15, 0.2) is 18.3 Å². The predicted molar refractivity (Wildman–Crippen MR) is 112 cm³/mol. The fraction of sp³-hybridized carbons (Fsp3) is 0.524. The van der Waals surface area contributed by atoms with E-state index in [0.29, 0.717) is 35.5 Å². The summed E-state index contributed by atoms with van der Waals surface area (Å²) in [6, 6.07) is 3.87. The summed E-state index contributed by atoms with van der Waals surface area (Å²) in [7, 11) is 4.81. The highest BCUT2D eigenvalue weighted by Crippen LogP contribution is 2.39. The Balaban J connectivity index is 2.26. The fourth-order valence-electron chi connectivity index (χ4n) is 3.32. The molecule has 0 aliphatic rings. The Kier molecular flexibility index (Phi) is 7.72. The van der Waals surface area contributed by atoms with Crippen LogP contribution in [0, 0.1) is 11.8 Å². The van der Waals surface area contributed by atoms with E-state index in [1.54, 1.807) is 27.5 Å². The van der Waals surface area contributed by atoms with Crippen LogP contribution in [-0.4, -0.2) is 37.8 Å². The molecule has 2 rings (SSSR count). The molecule has 7 nitrogen and oxygen atoms in total. The molecule has 0 aliphatic carbocycles. The second-order valence-electron chi connectivity index (χ2n) is 7.43. The van der Waals surface area contributed by atoms with Crippen LogP contribution in [0.2, 0.25) is 0 Å². The van der Waals surface area contributed by atoms with Crippen molar-refractivity contribution in [3.05, 3.63) is 29.5 Å². The van der Waals surface area contributed by atoms with Gasteiger partial charge in [-0.15, -0.1) is 0 Å². The molecule has 1 aromatic carbocycles. The third-order valence-corrected chi connectivity index (χ3v) is 4.49. The number of anilines is 2. The van der Waals surface area contributed by atoms with E-state index < -0.39 is 0 Å². The van der Waals surface area contributed by atoms with Gasteiger partial charge in [0, 0.05) is 24.7 Å². The molecule has 0 amide bonds. The molecule has 0 saturated carbocycles. The first-order valence-electron chi connectivity index (χ1n) is 9.52. The number of nitrogen functional groups attached to an aromatic ring is 1. The third kappa shape index (κ3) is 5.65. The van der Waals surface area contributed by atoms with Gasteiger partial charge in [-0.05, 0) is 36.0 Å². The lowest BCUT2D eigenvalue weighted by Crippen LogP contribution is -2.16. The van der Waals surface area contributed by atoms with Gasteiger partial charge in [0.05, 0.1) is 21.3 Å². The third-order valence-electron chi connectivity index (χ3n) is 4.49. The largest absolute Gasteiger partial charge is 0.493 e. The van der Waals surface area contributed by atoms with Crippen molar-refractivity contribution >= 4 is 11.8 Å². The number of nitrogens with zero attached hydrogens (tertiary/aromatic N) is 2. The minimum absolute atomic E-state index is 0.257. The van der Waals surface area contributed by atoms with Crippen molar-refractivity contribution in [3.8, 4) is 17.2 Å². The Labute approximate surface area is 167 Å². The van der Waals surface area contributed by atoms with Crippen molar-refractivity contribution in [2.75, 3.05) is 38.9 Å². The second-order valence-corrected chi connectivity index (χ2v) is 7.43. The van der Waals surface area contributed by atoms with Crippen LogP contribution < -0.4 is 25.3 Å². The summed E-state index contributed by atoms with van der Waals surface area (Å²) < 4.78 is 16.3. The average Bonchev–Trinajstić information content (AvgIpc) is 2.66. The van der Waals surface area contributed by atoms with Gasteiger partial charge in [0.1, 0.15) is 5.82 Å². The Bertz CT molecular complexity index is 755. The summed E-state index contributed by atoms with van der Waals surface area (Å²) in [5.41, 5.74) is 7.78. The van der Waals surface area contributed by atoms with Gasteiger partial charge in [-0.1, -0.05) is 20.8 Å². The van der Waals surface area contributed by atoms with Crippen molar-refractivity contribution in [2.24, 2.45) is 11.8 Å². The molecule has 1 atom stereocenters. The van der Waals surface area contributed by atoms with Crippen molar-refractivity contribution < 1.29 is 14.2 Å². The van der Waals surface area contributed by atoms with Crippen molar-refractivity contribution in [1.82, 2.24) is 9.97 Å². The summed E-state index contributed by atoms with van der Waals surface area (Å²) >= 11 is 0. The van der Waals surface area contributed by atoms with Crippen LogP contribution in [0.25, 0.3) is 0 Å². The summed E-state index contributed by atoms with van der Waals surface area (Å²) in [5, 5.41) is 3.44.